The molecule has 23 heavy (non-hydrogen) atoms. The number of nitrogens with zero attached hydrogens (tertiary/aromatic N) is 3. The molecule has 130 valence electrons. The molecule has 0 amide bonds. The van der Waals surface area contributed by atoms with E-state index in [1.54, 1.807) is 0 Å². The molecule has 0 spiro atoms. The van der Waals surface area contributed by atoms with Crippen LogP contribution in [-0.2, 0) is 9.47 Å². The molecule has 0 aromatic carbocycles. The maximum Gasteiger partial charge on any atom is 0.0987 e. The molecular formula is C18H31N3O2. The van der Waals surface area contributed by atoms with E-state index in [2.05, 4.69) is 50.6 Å². The Morgan fingerprint density at radius 3 is 2.00 bits per heavy atom. The van der Waals surface area contributed by atoms with Crippen molar-refractivity contribution in [3.63, 3.8) is 0 Å². The molecule has 0 radical (unpaired) electrons. The van der Waals surface area contributed by atoms with Gasteiger partial charge in [-0.1, -0.05) is 27.7 Å². The molecule has 5 nitrogen and oxygen atoms in total. The topological polar surface area (TPSA) is 48.7 Å². The van der Waals surface area contributed by atoms with E-state index in [1.807, 2.05) is 7.11 Å². The fraction of sp³-hybridized carbons (Fsp3) is 0.944. The fourth-order valence-electron chi connectivity index (χ4n) is 4.73. The van der Waals surface area contributed by atoms with Gasteiger partial charge in [-0.3, -0.25) is 4.90 Å². The van der Waals surface area contributed by atoms with Crippen LogP contribution in [0.15, 0.2) is 0 Å². The second kappa shape index (κ2) is 5.16. The van der Waals surface area contributed by atoms with E-state index in [0.29, 0.717) is 6.04 Å². The Morgan fingerprint density at radius 2 is 1.65 bits per heavy atom. The van der Waals surface area contributed by atoms with Crippen molar-refractivity contribution in [1.82, 2.24) is 9.80 Å². The van der Waals surface area contributed by atoms with Crippen molar-refractivity contribution < 1.29 is 9.47 Å². The first kappa shape index (κ1) is 17.2. The highest BCUT2D eigenvalue weighted by Crippen LogP contribution is 2.61. The fourth-order valence-corrected chi connectivity index (χ4v) is 4.73. The maximum absolute atomic E-state index is 9.93. The second-order valence-electron chi connectivity index (χ2n) is 8.91. The summed E-state index contributed by atoms with van der Waals surface area (Å²) in [7, 11) is 3.92. The molecule has 0 aromatic rings. The first-order chi connectivity index (χ1) is 10.6. The average molecular weight is 321 g/mol. The van der Waals surface area contributed by atoms with Crippen LogP contribution in [0.3, 0.4) is 0 Å². The van der Waals surface area contributed by atoms with Crippen molar-refractivity contribution in [2.45, 2.75) is 39.3 Å². The quantitative estimate of drug-likeness (QED) is 0.770. The van der Waals surface area contributed by atoms with Crippen LogP contribution in [0, 0.1) is 27.6 Å². The van der Waals surface area contributed by atoms with Gasteiger partial charge in [0.05, 0.1) is 36.3 Å². The number of ether oxygens (including phenoxy) is 2. The Balaban J connectivity index is 1.83. The van der Waals surface area contributed by atoms with Gasteiger partial charge in [0.25, 0.3) is 0 Å². The zero-order valence-corrected chi connectivity index (χ0v) is 15.5. The summed E-state index contributed by atoms with van der Waals surface area (Å²) in [6.07, 6.45) is 0. The number of hydrogen-bond donors (Lipinski definition) is 0. The van der Waals surface area contributed by atoms with E-state index in [0.717, 1.165) is 39.4 Å². The molecule has 0 aromatic heterocycles. The standard InChI is InChI=1S/C18H31N3O2/c1-15(2,17(9-19)10-20(5)11-17)16(3,4)18(22-6)12-21(13-18)14-7-23-8-14/h14H,7-8,10-13H2,1-6H3. The van der Waals surface area contributed by atoms with Crippen LogP contribution in [0.4, 0.5) is 0 Å². The van der Waals surface area contributed by atoms with Crippen LogP contribution in [0.2, 0.25) is 0 Å². The lowest BCUT2D eigenvalue weighted by molar-refractivity contribution is -0.266. The summed E-state index contributed by atoms with van der Waals surface area (Å²) in [4.78, 5) is 4.70. The predicted octanol–water partition coefficient (Wildman–Crippen LogP) is 1.59. The Labute approximate surface area is 140 Å². The van der Waals surface area contributed by atoms with Gasteiger partial charge in [0.1, 0.15) is 0 Å². The lowest BCUT2D eigenvalue weighted by Crippen LogP contribution is -2.78. The van der Waals surface area contributed by atoms with Gasteiger partial charge in [-0.25, -0.2) is 0 Å². The van der Waals surface area contributed by atoms with Crippen molar-refractivity contribution in [2.24, 2.45) is 16.2 Å². The molecule has 0 saturated carbocycles. The van der Waals surface area contributed by atoms with Gasteiger partial charge < -0.3 is 14.4 Å². The van der Waals surface area contributed by atoms with Crippen LogP contribution in [0.5, 0.6) is 0 Å². The summed E-state index contributed by atoms with van der Waals surface area (Å²) in [6.45, 7) is 14.4. The van der Waals surface area contributed by atoms with Crippen molar-refractivity contribution in [2.75, 3.05) is 53.6 Å². The Kier molecular flexibility index (Phi) is 3.85. The molecule has 3 aliphatic rings. The number of rotatable bonds is 5. The van der Waals surface area contributed by atoms with Crippen LogP contribution >= 0.6 is 0 Å². The third kappa shape index (κ3) is 2.05. The number of likely N-dealkylation sites (tertiary alicyclic amines) is 2. The van der Waals surface area contributed by atoms with Gasteiger partial charge in [0.2, 0.25) is 0 Å². The third-order valence-corrected chi connectivity index (χ3v) is 7.64. The lowest BCUT2D eigenvalue weighted by atomic mass is 9.46. The smallest absolute Gasteiger partial charge is 0.0987 e. The summed E-state index contributed by atoms with van der Waals surface area (Å²) >= 11 is 0. The highest BCUT2D eigenvalue weighted by molar-refractivity contribution is 5.23. The summed E-state index contributed by atoms with van der Waals surface area (Å²) in [5, 5.41) is 9.93. The molecule has 0 bridgehead atoms. The van der Waals surface area contributed by atoms with E-state index in [9.17, 15) is 5.26 Å². The van der Waals surface area contributed by atoms with Gasteiger partial charge in [-0.15, -0.1) is 0 Å². The predicted molar refractivity (Wildman–Crippen MR) is 89.0 cm³/mol. The molecule has 3 rings (SSSR count). The molecular weight excluding hydrogens is 290 g/mol. The number of nitriles is 1. The molecule has 0 unspecified atom stereocenters. The van der Waals surface area contributed by atoms with Gasteiger partial charge in [-0.2, -0.15) is 5.26 Å². The zero-order chi connectivity index (χ0) is 17.1. The van der Waals surface area contributed by atoms with Gasteiger partial charge >= 0.3 is 0 Å². The molecule has 3 aliphatic heterocycles. The summed E-state index contributed by atoms with van der Waals surface area (Å²) < 4.78 is 11.4. The second-order valence-corrected chi connectivity index (χ2v) is 8.91. The van der Waals surface area contributed by atoms with Gasteiger partial charge in [-0.05, 0) is 12.5 Å². The monoisotopic (exact) mass is 321 g/mol. The average Bonchev–Trinajstić information content (AvgIpc) is 2.35. The molecule has 0 atom stereocenters. The molecule has 3 fully saturated rings. The van der Waals surface area contributed by atoms with Gasteiger partial charge in [0.15, 0.2) is 0 Å². The minimum Gasteiger partial charge on any atom is -0.378 e. The summed E-state index contributed by atoms with van der Waals surface area (Å²) in [5.74, 6) is 0. The van der Waals surface area contributed by atoms with Crippen molar-refractivity contribution in [3.8, 4) is 6.07 Å². The first-order valence-electron chi connectivity index (χ1n) is 8.61. The normalized spacial score (nSPS) is 28.4. The van der Waals surface area contributed by atoms with Crippen molar-refractivity contribution >= 4 is 0 Å². The molecule has 0 aliphatic carbocycles. The molecule has 0 N–H and O–H groups in total. The Morgan fingerprint density at radius 1 is 1.09 bits per heavy atom. The third-order valence-electron chi connectivity index (χ3n) is 7.64. The summed E-state index contributed by atoms with van der Waals surface area (Å²) in [5.41, 5.74) is -0.729. The highest BCUT2D eigenvalue weighted by Gasteiger charge is 2.67. The SMILES string of the molecule is COC1(C(C)(C)C(C)(C)C2(C#N)CN(C)C2)CN(C2COC2)C1. The minimum atomic E-state index is -0.295. The van der Waals surface area contributed by atoms with E-state index >= 15 is 0 Å². The first-order valence-corrected chi connectivity index (χ1v) is 8.61. The number of methoxy groups -OCH3 is 1. The highest BCUT2D eigenvalue weighted by atomic mass is 16.5. The Bertz CT molecular complexity index is 507. The van der Waals surface area contributed by atoms with Crippen LogP contribution < -0.4 is 0 Å². The van der Waals surface area contributed by atoms with Gasteiger partial charge in [0, 0.05) is 38.7 Å². The Hall–Kier alpha value is -0.670. The van der Waals surface area contributed by atoms with Crippen LogP contribution in [-0.4, -0.2) is 75.0 Å². The van der Waals surface area contributed by atoms with Crippen LogP contribution in [0.1, 0.15) is 27.7 Å². The minimum absolute atomic E-state index is 0.104. The van der Waals surface area contributed by atoms with E-state index in [-0.39, 0.29) is 21.8 Å². The van der Waals surface area contributed by atoms with Crippen LogP contribution in [0.25, 0.3) is 0 Å². The lowest BCUT2D eigenvalue weighted by Gasteiger charge is -2.68. The summed E-state index contributed by atoms with van der Waals surface area (Å²) in [6, 6.07) is 3.21. The van der Waals surface area contributed by atoms with Crippen molar-refractivity contribution in [3.05, 3.63) is 0 Å². The molecule has 3 saturated heterocycles. The zero-order valence-electron chi connectivity index (χ0n) is 15.5. The number of hydrogen-bond acceptors (Lipinski definition) is 5. The van der Waals surface area contributed by atoms with Crippen molar-refractivity contribution in [1.29, 1.82) is 5.26 Å². The molecule has 5 heteroatoms. The maximum atomic E-state index is 9.93. The largest absolute Gasteiger partial charge is 0.378 e. The van der Waals surface area contributed by atoms with E-state index in [4.69, 9.17) is 9.47 Å². The van der Waals surface area contributed by atoms with E-state index < -0.39 is 0 Å². The molecule has 3 heterocycles. The van der Waals surface area contributed by atoms with E-state index in [1.165, 1.54) is 0 Å².